The minimum atomic E-state index is 0.217. The van der Waals surface area contributed by atoms with E-state index < -0.39 is 0 Å². The molecule has 1 saturated heterocycles. The van der Waals surface area contributed by atoms with Gasteiger partial charge >= 0.3 is 0 Å². The number of morpholine rings is 1. The van der Waals surface area contributed by atoms with Gasteiger partial charge in [-0.15, -0.1) is 0 Å². The molecule has 2 saturated carbocycles. The number of ether oxygens (including phenoxy) is 1. The molecule has 1 aliphatic heterocycles. The molecule has 1 N–H and O–H groups in total. The van der Waals surface area contributed by atoms with Crippen LogP contribution in [0, 0.1) is 11.8 Å². The van der Waals surface area contributed by atoms with Gasteiger partial charge in [0.25, 0.3) is 0 Å². The molecule has 3 nitrogen and oxygen atoms in total. The third-order valence-corrected chi connectivity index (χ3v) is 4.84. The highest BCUT2D eigenvalue weighted by Crippen LogP contribution is 2.44. The van der Waals surface area contributed by atoms with Gasteiger partial charge in [0.05, 0.1) is 13.2 Å². The minimum absolute atomic E-state index is 0.217. The zero-order valence-corrected chi connectivity index (χ0v) is 12.0. The maximum atomic E-state index is 5.58. The van der Waals surface area contributed by atoms with Gasteiger partial charge in [0, 0.05) is 31.2 Å². The highest BCUT2D eigenvalue weighted by molar-refractivity contribution is 4.96. The maximum absolute atomic E-state index is 5.58. The zero-order chi connectivity index (χ0) is 12.6. The SMILES string of the molecule is CC1(C)COCCN1CCNC(C1CC1)C1CC1. The van der Waals surface area contributed by atoms with Crippen LogP contribution in [0.25, 0.3) is 0 Å². The van der Waals surface area contributed by atoms with E-state index in [-0.39, 0.29) is 5.54 Å². The standard InChI is InChI=1S/C15H28N2O/c1-15(2)11-18-10-9-17(15)8-7-16-14(12-3-4-12)13-5-6-13/h12-14,16H,3-11H2,1-2H3. The summed E-state index contributed by atoms with van der Waals surface area (Å²) in [5, 5.41) is 3.85. The molecule has 2 aliphatic carbocycles. The first-order chi connectivity index (χ1) is 8.67. The minimum Gasteiger partial charge on any atom is -0.378 e. The Morgan fingerprint density at radius 1 is 1.22 bits per heavy atom. The normalized spacial score (nSPS) is 28.8. The van der Waals surface area contributed by atoms with Crippen LogP contribution in [0.15, 0.2) is 0 Å². The predicted molar refractivity (Wildman–Crippen MR) is 73.7 cm³/mol. The third-order valence-electron chi connectivity index (χ3n) is 4.84. The molecule has 18 heavy (non-hydrogen) atoms. The summed E-state index contributed by atoms with van der Waals surface area (Å²) in [6.07, 6.45) is 5.88. The lowest BCUT2D eigenvalue weighted by Crippen LogP contribution is -2.55. The van der Waals surface area contributed by atoms with E-state index in [9.17, 15) is 0 Å². The summed E-state index contributed by atoms with van der Waals surface area (Å²) < 4.78 is 5.58. The van der Waals surface area contributed by atoms with Crippen molar-refractivity contribution in [3.63, 3.8) is 0 Å². The van der Waals surface area contributed by atoms with Gasteiger partial charge in [-0.25, -0.2) is 0 Å². The molecule has 0 aromatic heterocycles. The van der Waals surface area contributed by atoms with E-state index in [2.05, 4.69) is 24.1 Å². The van der Waals surface area contributed by atoms with Gasteiger partial charge < -0.3 is 10.1 Å². The van der Waals surface area contributed by atoms with Crippen LogP contribution in [0.1, 0.15) is 39.5 Å². The van der Waals surface area contributed by atoms with Crippen molar-refractivity contribution in [1.82, 2.24) is 10.2 Å². The molecule has 3 heteroatoms. The van der Waals surface area contributed by atoms with Gasteiger partial charge in [0.15, 0.2) is 0 Å². The van der Waals surface area contributed by atoms with Gasteiger partial charge in [-0.3, -0.25) is 4.90 Å². The summed E-state index contributed by atoms with van der Waals surface area (Å²) in [7, 11) is 0. The molecule has 1 heterocycles. The lowest BCUT2D eigenvalue weighted by atomic mass is 10.0. The Labute approximate surface area is 111 Å². The van der Waals surface area contributed by atoms with E-state index in [1.54, 1.807) is 0 Å². The third kappa shape index (κ3) is 3.06. The molecule has 0 aromatic carbocycles. The molecule has 104 valence electrons. The molecule has 3 rings (SSSR count). The quantitative estimate of drug-likeness (QED) is 0.781. The summed E-state index contributed by atoms with van der Waals surface area (Å²) in [5.41, 5.74) is 0.217. The molecule has 0 spiro atoms. The fourth-order valence-corrected chi connectivity index (χ4v) is 3.30. The van der Waals surface area contributed by atoms with E-state index in [1.165, 1.54) is 32.2 Å². The largest absolute Gasteiger partial charge is 0.378 e. The van der Waals surface area contributed by atoms with Crippen molar-refractivity contribution in [2.75, 3.05) is 32.8 Å². The molecular weight excluding hydrogens is 224 g/mol. The van der Waals surface area contributed by atoms with Gasteiger partial charge in [-0.1, -0.05) is 0 Å². The van der Waals surface area contributed by atoms with Crippen LogP contribution >= 0.6 is 0 Å². The van der Waals surface area contributed by atoms with Gasteiger partial charge in [-0.05, 0) is 51.4 Å². The summed E-state index contributed by atoms with van der Waals surface area (Å²) in [4.78, 5) is 2.58. The van der Waals surface area contributed by atoms with Crippen LogP contribution in [-0.2, 0) is 4.74 Å². The molecule has 0 unspecified atom stereocenters. The Morgan fingerprint density at radius 2 is 1.89 bits per heavy atom. The van der Waals surface area contributed by atoms with Crippen molar-refractivity contribution in [2.45, 2.75) is 51.1 Å². The molecule has 0 amide bonds. The first-order valence-corrected chi connectivity index (χ1v) is 7.73. The Hall–Kier alpha value is -0.120. The second kappa shape index (κ2) is 5.10. The molecule has 0 aromatic rings. The molecule has 0 atom stereocenters. The summed E-state index contributed by atoms with van der Waals surface area (Å²) in [6, 6.07) is 0.842. The van der Waals surface area contributed by atoms with Gasteiger partial charge in [0.1, 0.15) is 0 Å². The second-order valence-electron chi connectivity index (χ2n) is 7.01. The van der Waals surface area contributed by atoms with Crippen LogP contribution in [0.2, 0.25) is 0 Å². The van der Waals surface area contributed by atoms with Crippen molar-refractivity contribution < 1.29 is 4.74 Å². The van der Waals surface area contributed by atoms with Crippen molar-refractivity contribution in [3.8, 4) is 0 Å². The number of hydrogen-bond acceptors (Lipinski definition) is 3. The van der Waals surface area contributed by atoms with Crippen molar-refractivity contribution in [3.05, 3.63) is 0 Å². The summed E-state index contributed by atoms with van der Waals surface area (Å²) in [5.74, 6) is 2.02. The van der Waals surface area contributed by atoms with E-state index >= 15 is 0 Å². The Bertz CT molecular complexity index is 272. The van der Waals surface area contributed by atoms with E-state index in [1.807, 2.05) is 0 Å². The predicted octanol–water partition coefficient (Wildman–Crippen LogP) is 1.88. The van der Waals surface area contributed by atoms with Crippen LogP contribution in [-0.4, -0.2) is 49.3 Å². The molecule has 3 aliphatic rings. The van der Waals surface area contributed by atoms with Crippen LogP contribution in [0.5, 0.6) is 0 Å². The highest BCUT2D eigenvalue weighted by Gasteiger charge is 2.41. The zero-order valence-electron chi connectivity index (χ0n) is 12.0. The van der Waals surface area contributed by atoms with Crippen LogP contribution in [0.3, 0.4) is 0 Å². The Morgan fingerprint density at radius 3 is 2.44 bits per heavy atom. The van der Waals surface area contributed by atoms with Crippen molar-refractivity contribution in [2.24, 2.45) is 11.8 Å². The van der Waals surface area contributed by atoms with E-state index in [0.717, 1.165) is 44.2 Å². The lowest BCUT2D eigenvalue weighted by Gasteiger charge is -2.42. The average Bonchev–Trinajstić information content (AvgIpc) is 3.18. The number of nitrogens with zero attached hydrogens (tertiary/aromatic N) is 1. The summed E-state index contributed by atoms with van der Waals surface area (Å²) in [6.45, 7) is 9.79. The Balaban J connectivity index is 1.42. The fraction of sp³-hybridized carbons (Fsp3) is 1.00. The maximum Gasteiger partial charge on any atom is 0.0645 e. The van der Waals surface area contributed by atoms with Gasteiger partial charge in [-0.2, -0.15) is 0 Å². The van der Waals surface area contributed by atoms with Crippen LogP contribution in [0.4, 0.5) is 0 Å². The molecular formula is C15H28N2O. The fourth-order valence-electron chi connectivity index (χ4n) is 3.30. The van der Waals surface area contributed by atoms with Crippen molar-refractivity contribution >= 4 is 0 Å². The summed E-state index contributed by atoms with van der Waals surface area (Å²) >= 11 is 0. The van der Waals surface area contributed by atoms with E-state index in [4.69, 9.17) is 4.74 Å². The van der Waals surface area contributed by atoms with Gasteiger partial charge in [0.2, 0.25) is 0 Å². The van der Waals surface area contributed by atoms with Crippen molar-refractivity contribution in [1.29, 1.82) is 0 Å². The lowest BCUT2D eigenvalue weighted by molar-refractivity contribution is -0.0503. The Kier molecular flexibility index (Phi) is 3.65. The number of nitrogens with one attached hydrogen (secondary N) is 1. The van der Waals surface area contributed by atoms with E-state index in [0.29, 0.717) is 0 Å². The molecule has 3 fully saturated rings. The number of hydrogen-bond donors (Lipinski definition) is 1. The topological polar surface area (TPSA) is 24.5 Å². The number of rotatable bonds is 6. The average molecular weight is 252 g/mol. The monoisotopic (exact) mass is 252 g/mol. The second-order valence-corrected chi connectivity index (χ2v) is 7.01. The smallest absolute Gasteiger partial charge is 0.0645 e. The first kappa shape index (κ1) is 12.9. The van der Waals surface area contributed by atoms with Crippen LogP contribution < -0.4 is 5.32 Å². The highest BCUT2D eigenvalue weighted by atomic mass is 16.5. The molecule has 0 radical (unpaired) electrons. The first-order valence-electron chi connectivity index (χ1n) is 7.73. The molecule has 0 bridgehead atoms.